The van der Waals surface area contributed by atoms with E-state index in [0.717, 1.165) is 25.9 Å². The van der Waals surface area contributed by atoms with Crippen LogP contribution in [-0.2, 0) is 4.79 Å². The Morgan fingerprint density at radius 3 is 2.25 bits per heavy atom. The Kier molecular flexibility index (Phi) is 2.05. The largest absolute Gasteiger partial charge is 0.481 e. The molecular formula is C9H15NO2. The first-order chi connectivity index (χ1) is 5.75. The summed E-state index contributed by atoms with van der Waals surface area (Å²) in [6, 6.07) is 0. The van der Waals surface area contributed by atoms with Crippen molar-refractivity contribution in [3.63, 3.8) is 0 Å². The molecule has 2 fully saturated rings. The molecule has 1 aliphatic heterocycles. The van der Waals surface area contributed by atoms with E-state index < -0.39 is 5.97 Å². The number of rotatable bonds is 1. The molecule has 2 bridgehead atoms. The maximum Gasteiger partial charge on any atom is 0.306 e. The highest BCUT2D eigenvalue weighted by Crippen LogP contribution is 2.35. The van der Waals surface area contributed by atoms with Gasteiger partial charge in [0, 0.05) is 0 Å². The zero-order valence-electron chi connectivity index (χ0n) is 7.12. The molecule has 3 nitrogen and oxygen atoms in total. The average molecular weight is 169 g/mol. The standard InChI is InChI=1S/C9H15NO2/c11-9(12)8-2-6-1-7(3-8)5-10-4-6/h6-8,10H,1-5H2,(H,11,12)/t6-,7+,8?. The van der Waals surface area contributed by atoms with Gasteiger partial charge in [0.2, 0.25) is 0 Å². The molecule has 68 valence electrons. The summed E-state index contributed by atoms with van der Waals surface area (Å²) in [4.78, 5) is 10.8. The molecule has 3 heteroatoms. The lowest BCUT2D eigenvalue weighted by atomic mass is 9.73. The van der Waals surface area contributed by atoms with Crippen molar-refractivity contribution >= 4 is 5.97 Å². The van der Waals surface area contributed by atoms with Crippen molar-refractivity contribution < 1.29 is 9.90 Å². The second-order valence-electron chi connectivity index (χ2n) is 4.13. The summed E-state index contributed by atoms with van der Waals surface area (Å²) >= 11 is 0. The van der Waals surface area contributed by atoms with E-state index >= 15 is 0 Å². The number of hydrogen-bond donors (Lipinski definition) is 2. The molecule has 1 heterocycles. The van der Waals surface area contributed by atoms with Crippen LogP contribution >= 0.6 is 0 Å². The van der Waals surface area contributed by atoms with E-state index in [-0.39, 0.29) is 5.92 Å². The fourth-order valence-corrected chi connectivity index (χ4v) is 2.59. The molecule has 1 aliphatic carbocycles. The van der Waals surface area contributed by atoms with Crippen LogP contribution in [0.3, 0.4) is 0 Å². The summed E-state index contributed by atoms with van der Waals surface area (Å²) in [7, 11) is 0. The van der Waals surface area contributed by atoms with E-state index in [1.165, 1.54) is 6.42 Å². The number of aliphatic carboxylic acids is 1. The molecule has 0 amide bonds. The molecule has 1 saturated heterocycles. The average Bonchev–Trinajstić information content (AvgIpc) is 2.03. The second kappa shape index (κ2) is 3.05. The third-order valence-corrected chi connectivity index (χ3v) is 3.12. The molecular weight excluding hydrogens is 154 g/mol. The van der Waals surface area contributed by atoms with Crippen molar-refractivity contribution in [2.45, 2.75) is 19.3 Å². The highest BCUT2D eigenvalue weighted by molar-refractivity contribution is 5.70. The number of carbonyl (C=O) groups is 1. The molecule has 2 aliphatic rings. The van der Waals surface area contributed by atoms with Crippen molar-refractivity contribution in [2.75, 3.05) is 13.1 Å². The van der Waals surface area contributed by atoms with Gasteiger partial charge < -0.3 is 10.4 Å². The topological polar surface area (TPSA) is 49.3 Å². The predicted molar refractivity (Wildman–Crippen MR) is 44.8 cm³/mol. The van der Waals surface area contributed by atoms with Crippen LogP contribution in [0.25, 0.3) is 0 Å². The first-order valence-electron chi connectivity index (χ1n) is 4.69. The van der Waals surface area contributed by atoms with Crippen LogP contribution in [0.2, 0.25) is 0 Å². The smallest absolute Gasteiger partial charge is 0.306 e. The van der Waals surface area contributed by atoms with Gasteiger partial charge in [-0.25, -0.2) is 0 Å². The predicted octanol–water partition coefficient (Wildman–Crippen LogP) is 0.707. The highest BCUT2D eigenvalue weighted by atomic mass is 16.4. The monoisotopic (exact) mass is 169 g/mol. The Hall–Kier alpha value is -0.570. The van der Waals surface area contributed by atoms with Gasteiger partial charge in [-0.15, -0.1) is 0 Å². The van der Waals surface area contributed by atoms with Crippen LogP contribution in [0.1, 0.15) is 19.3 Å². The number of fused-ring (bicyclic) bond motifs is 2. The van der Waals surface area contributed by atoms with Crippen LogP contribution in [0.5, 0.6) is 0 Å². The van der Waals surface area contributed by atoms with Crippen LogP contribution in [-0.4, -0.2) is 24.2 Å². The third-order valence-electron chi connectivity index (χ3n) is 3.12. The molecule has 2 N–H and O–H groups in total. The number of carboxylic acids is 1. The summed E-state index contributed by atoms with van der Waals surface area (Å²) in [5.74, 6) is 0.597. The summed E-state index contributed by atoms with van der Waals surface area (Å²) in [5.41, 5.74) is 0. The van der Waals surface area contributed by atoms with E-state index in [1.54, 1.807) is 0 Å². The van der Waals surface area contributed by atoms with Gasteiger partial charge in [0.15, 0.2) is 0 Å². The fraction of sp³-hybridized carbons (Fsp3) is 0.889. The van der Waals surface area contributed by atoms with Gasteiger partial charge in [0.05, 0.1) is 5.92 Å². The minimum Gasteiger partial charge on any atom is -0.481 e. The maximum atomic E-state index is 10.8. The van der Waals surface area contributed by atoms with Crippen molar-refractivity contribution in [3.8, 4) is 0 Å². The van der Waals surface area contributed by atoms with Gasteiger partial charge in [-0.1, -0.05) is 0 Å². The quantitative estimate of drug-likeness (QED) is 0.607. The number of piperidine rings is 1. The third kappa shape index (κ3) is 1.46. The van der Waals surface area contributed by atoms with E-state index in [1.807, 2.05) is 0 Å². The molecule has 0 aromatic rings. The normalized spacial score (nSPS) is 40.8. The van der Waals surface area contributed by atoms with E-state index in [9.17, 15) is 4.79 Å². The Balaban J connectivity index is 2.00. The fourth-order valence-electron chi connectivity index (χ4n) is 2.59. The molecule has 0 radical (unpaired) electrons. The minimum absolute atomic E-state index is 0.0594. The van der Waals surface area contributed by atoms with Gasteiger partial charge in [-0.05, 0) is 44.2 Å². The lowest BCUT2D eigenvalue weighted by Gasteiger charge is -2.37. The van der Waals surface area contributed by atoms with Crippen LogP contribution in [0, 0.1) is 17.8 Å². The summed E-state index contributed by atoms with van der Waals surface area (Å²) < 4.78 is 0. The van der Waals surface area contributed by atoms with Crippen LogP contribution < -0.4 is 5.32 Å². The zero-order valence-corrected chi connectivity index (χ0v) is 7.12. The van der Waals surface area contributed by atoms with Crippen LogP contribution in [0.4, 0.5) is 0 Å². The van der Waals surface area contributed by atoms with E-state index in [0.29, 0.717) is 11.8 Å². The Morgan fingerprint density at radius 2 is 1.75 bits per heavy atom. The highest BCUT2D eigenvalue weighted by Gasteiger charge is 2.34. The summed E-state index contributed by atoms with van der Waals surface area (Å²) in [6.07, 6.45) is 3.02. The van der Waals surface area contributed by atoms with E-state index in [2.05, 4.69) is 5.32 Å². The van der Waals surface area contributed by atoms with Crippen LogP contribution in [0.15, 0.2) is 0 Å². The second-order valence-corrected chi connectivity index (χ2v) is 4.13. The molecule has 0 aromatic carbocycles. The van der Waals surface area contributed by atoms with Crippen molar-refractivity contribution in [1.82, 2.24) is 5.32 Å². The minimum atomic E-state index is -0.591. The van der Waals surface area contributed by atoms with Gasteiger partial charge >= 0.3 is 5.97 Å². The Labute approximate surface area is 72.2 Å². The van der Waals surface area contributed by atoms with Crippen molar-refractivity contribution in [2.24, 2.45) is 17.8 Å². The zero-order chi connectivity index (χ0) is 8.55. The molecule has 1 saturated carbocycles. The lowest BCUT2D eigenvalue weighted by molar-refractivity contribution is -0.144. The SMILES string of the molecule is O=C(O)C1C[C@H]2CNC[C@@H](C1)C2. The van der Waals surface area contributed by atoms with Gasteiger partial charge in [-0.2, -0.15) is 0 Å². The first-order valence-corrected chi connectivity index (χ1v) is 4.69. The number of nitrogens with one attached hydrogen (secondary N) is 1. The van der Waals surface area contributed by atoms with Gasteiger partial charge in [0.25, 0.3) is 0 Å². The molecule has 12 heavy (non-hydrogen) atoms. The van der Waals surface area contributed by atoms with Crippen molar-refractivity contribution in [3.05, 3.63) is 0 Å². The number of hydrogen-bond acceptors (Lipinski definition) is 2. The maximum absolute atomic E-state index is 10.8. The molecule has 0 spiro atoms. The Morgan fingerprint density at radius 1 is 1.17 bits per heavy atom. The molecule has 0 aromatic heterocycles. The summed E-state index contributed by atoms with van der Waals surface area (Å²) in [6.45, 7) is 2.06. The summed E-state index contributed by atoms with van der Waals surface area (Å²) in [5, 5.41) is 12.2. The first kappa shape index (κ1) is 8.05. The van der Waals surface area contributed by atoms with Crippen molar-refractivity contribution in [1.29, 1.82) is 0 Å². The number of carboxylic acid groups (broad SMARTS) is 1. The lowest BCUT2D eigenvalue weighted by Crippen LogP contribution is -2.43. The molecule has 3 atom stereocenters. The van der Waals surface area contributed by atoms with Gasteiger partial charge in [0.1, 0.15) is 0 Å². The molecule has 2 rings (SSSR count). The molecule has 1 unspecified atom stereocenters. The van der Waals surface area contributed by atoms with Gasteiger partial charge in [-0.3, -0.25) is 4.79 Å². The Bertz CT molecular complexity index is 181. The van der Waals surface area contributed by atoms with E-state index in [4.69, 9.17) is 5.11 Å².